The van der Waals surface area contributed by atoms with E-state index in [9.17, 15) is 0 Å². The maximum absolute atomic E-state index is 3.34. The van der Waals surface area contributed by atoms with E-state index in [0.29, 0.717) is 0 Å². The molecule has 3 heteroatoms. The van der Waals surface area contributed by atoms with Gasteiger partial charge in [-0.05, 0) is 23.6 Å². The largest absolute Gasteiger partial charge is 0.323 e. The Morgan fingerprint density at radius 3 is 2.80 bits per heavy atom. The minimum atomic E-state index is 0.863. The Kier molecular flexibility index (Phi) is 2.14. The van der Waals surface area contributed by atoms with Gasteiger partial charge in [-0.1, -0.05) is 12.8 Å². The Morgan fingerprint density at radius 2 is 2.20 bits per heavy atom. The Bertz CT molecular complexity index is 150. The molecule has 1 fully saturated rings. The van der Waals surface area contributed by atoms with Crippen molar-refractivity contribution in [2.24, 2.45) is 5.92 Å². The summed E-state index contributed by atoms with van der Waals surface area (Å²) in [4.78, 5) is 0. The number of nitrogens with one attached hydrogen (secondary N) is 1. The highest BCUT2D eigenvalue weighted by Gasteiger charge is 2.21. The summed E-state index contributed by atoms with van der Waals surface area (Å²) in [6.45, 7) is 0. The number of hydrogen-bond acceptors (Lipinski definition) is 3. The van der Waals surface area contributed by atoms with Crippen molar-refractivity contribution < 1.29 is 0 Å². The molecule has 1 aliphatic carbocycles. The summed E-state index contributed by atoms with van der Waals surface area (Å²) in [5.41, 5.74) is 1.48. The zero-order chi connectivity index (χ0) is 6.81. The minimum absolute atomic E-state index is 0.863. The van der Waals surface area contributed by atoms with Gasteiger partial charge in [0.2, 0.25) is 0 Å². The van der Waals surface area contributed by atoms with Gasteiger partial charge in [0.15, 0.2) is 0 Å². The van der Waals surface area contributed by atoms with Crippen molar-refractivity contribution in [3.63, 3.8) is 0 Å². The molecule has 1 N–H and O–H groups in total. The first-order valence-electron chi connectivity index (χ1n) is 3.75. The van der Waals surface area contributed by atoms with Crippen LogP contribution in [0.3, 0.4) is 0 Å². The van der Waals surface area contributed by atoms with Crippen molar-refractivity contribution in [3.8, 4) is 0 Å². The van der Waals surface area contributed by atoms with E-state index < -0.39 is 0 Å². The van der Waals surface area contributed by atoms with Crippen LogP contribution < -0.4 is 4.72 Å². The molecular weight excluding hydrogens is 162 g/mol. The van der Waals surface area contributed by atoms with Gasteiger partial charge in [0.1, 0.15) is 0 Å². The molecule has 1 nitrogen and oxygen atoms in total. The van der Waals surface area contributed by atoms with E-state index in [1.165, 1.54) is 31.4 Å². The Hall–Kier alpha value is 0.240. The first kappa shape index (κ1) is 6.92. The summed E-state index contributed by atoms with van der Waals surface area (Å²) in [6.07, 6.45) is 5.66. The molecule has 2 rings (SSSR count). The second-order valence-corrected chi connectivity index (χ2v) is 4.71. The van der Waals surface area contributed by atoms with Crippen molar-refractivity contribution in [2.75, 3.05) is 0 Å². The molecule has 0 spiro atoms. The van der Waals surface area contributed by atoms with Gasteiger partial charge in [-0.3, -0.25) is 0 Å². The Labute approximate surface area is 69.6 Å². The van der Waals surface area contributed by atoms with Crippen molar-refractivity contribution in [2.45, 2.75) is 25.7 Å². The molecule has 1 aliphatic heterocycles. The molecule has 56 valence electrons. The van der Waals surface area contributed by atoms with E-state index in [-0.39, 0.29) is 0 Å². The highest BCUT2D eigenvalue weighted by atomic mass is 33.1. The van der Waals surface area contributed by atoms with E-state index in [1.807, 2.05) is 10.8 Å². The van der Waals surface area contributed by atoms with Crippen LogP contribution in [0.25, 0.3) is 0 Å². The highest BCUT2D eigenvalue weighted by molar-refractivity contribution is 8.77. The van der Waals surface area contributed by atoms with Crippen LogP contribution in [0.5, 0.6) is 0 Å². The predicted molar refractivity (Wildman–Crippen MR) is 48.4 cm³/mol. The minimum Gasteiger partial charge on any atom is -0.323 e. The van der Waals surface area contributed by atoms with E-state index in [0.717, 1.165) is 5.92 Å². The normalized spacial score (nSPS) is 26.6. The van der Waals surface area contributed by atoms with E-state index in [4.69, 9.17) is 0 Å². The number of rotatable bonds is 1. The molecule has 0 radical (unpaired) electrons. The zero-order valence-electron chi connectivity index (χ0n) is 5.80. The maximum atomic E-state index is 3.34. The maximum Gasteiger partial charge on any atom is 0.0321 e. The van der Waals surface area contributed by atoms with Gasteiger partial charge >= 0.3 is 0 Å². The van der Waals surface area contributed by atoms with Crippen molar-refractivity contribution >= 4 is 21.8 Å². The summed E-state index contributed by atoms with van der Waals surface area (Å²) in [5.74, 6) is 0.863. The van der Waals surface area contributed by atoms with Gasteiger partial charge < -0.3 is 4.72 Å². The summed E-state index contributed by atoms with van der Waals surface area (Å²) in [7, 11) is 3.56. The third-order valence-corrected chi connectivity index (χ3v) is 3.77. The fourth-order valence-corrected chi connectivity index (χ4v) is 3.32. The van der Waals surface area contributed by atoms with Crippen LogP contribution in [0.1, 0.15) is 25.7 Å². The first-order chi connectivity index (χ1) is 4.97. The van der Waals surface area contributed by atoms with Crippen LogP contribution in [-0.2, 0) is 0 Å². The van der Waals surface area contributed by atoms with E-state index >= 15 is 0 Å². The topological polar surface area (TPSA) is 12.0 Å². The van der Waals surface area contributed by atoms with Gasteiger partial charge in [-0.25, -0.2) is 0 Å². The molecule has 1 saturated carbocycles. The van der Waals surface area contributed by atoms with Gasteiger partial charge in [0.25, 0.3) is 0 Å². The van der Waals surface area contributed by atoms with Crippen LogP contribution in [0.4, 0.5) is 0 Å². The highest BCUT2D eigenvalue weighted by Crippen LogP contribution is 2.38. The molecule has 0 unspecified atom stereocenters. The molecule has 0 aromatic carbocycles. The molecule has 0 aromatic rings. The monoisotopic (exact) mass is 173 g/mol. The second kappa shape index (κ2) is 3.09. The molecule has 1 heterocycles. The summed E-state index contributed by atoms with van der Waals surface area (Å²) in [6, 6.07) is 0. The fraction of sp³-hybridized carbons (Fsp3) is 0.714. The molecule has 0 saturated heterocycles. The third-order valence-electron chi connectivity index (χ3n) is 2.18. The lowest BCUT2D eigenvalue weighted by molar-refractivity contribution is 0.626. The van der Waals surface area contributed by atoms with E-state index in [1.54, 1.807) is 11.0 Å². The first-order valence-corrected chi connectivity index (χ1v) is 5.96. The lowest BCUT2D eigenvalue weighted by atomic mass is 10.1. The van der Waals surface area contributed by atoms with Gasteiger partial charge in [0, 0.05) is 28.0 Å². The van der Waals surface area contributed by atoms with Gasteiger partial charge in [-0.15, -0.1) is 0 Å². The van der Waals surface area contributed by atoms with E-state index in [2.05, 4.69) is 10.1 Å². The summed E-state index contributed by atoms with van der Waals surface area (Å²) in [5, 5.41) is 2.26. The average Bonchev–Trinajstić information content (AvgIpc) is 2.59. The van der Waals surface area contributed by atoms with Crippen LogP contribution in [0, 0.1) is 5.92 Å². The smallest absolute Gasteiger partial charge is 0.0321 e. The predicted octanol–water partition coefficient (Wildman–Crippen LogP) is 2.92. The van der Waals surface area contributed by atoms with Crippen LogP contribution in [0.2, 0.25) is 0 Å². The van der Waals surface area contributed by atoms with Crippen molar-refractivity contribution in [1.29, 1.82) is 0 Å². The number of hydrogen-bond donors (Lipinski definition) is 1. The average molecular weight is 173 g/mol. The lowest BCUT2D eigenvalue weighted by Gasteiger charge is -2.08. The molecule has 0 bridgehead atoms. The third kappa shape index (κ3) is 1.30. The standard InChI is InChI=1S/C7H11NS2/c1-2-4-6(3-1)7-5-9-10-8-7/h5-6,8H,1-4H2. The van der Waals surface area contributed by atoms with Crippen LogP contribution >= 0.6 is 21.8 Å². The molecule has 0 aromatic heterocycles. The molecule has 0 atom stereocenters. The molecular formula is C7H11NS2. The Balaban J connectivity index is 1.97. The quantitative estimate of drug-likeness (QED) is 0.483. The van der Waals surface area contributed by atoms with Crippen LogP contribution in [-0.4, -0.2) is 0 Å². The van der Waals surface area contributed by atoms with Crippen molar-refractivity contribution in [3.05, 3.63) is 11.1 Å². The van der Waals surface area contributed by atoms with Gasteiger partial charge in [0.05, 0.1) is 0 Å². The van der Waals surface area contributed by atoms with Crippen molar-refractivity contribution in [1.82, 2.24) is 4.72 Å². The lowest BCUT2D eigenvalue weighted by Crippen LogP contribution is -2.07. The van der Waals surface area contributed by atoms with Crippen LogP contribution in [0.15, 0.2) is 11.1 Å². The fourth-order valence-electron chi connectivity index (χ4n) is 1.59. The SMILES string of the molecule is C1=C(C2CCCC2)NSS1. The number of allylic oxidation sites excluding steroid dienone is 1. The zero-order valence-corrected chi connectivity index (χ0v) is 7.43. The Morgan fingerprint density at radius 1 is 1.40 bits per heavy atom. The summed E-state index contributed by atoms with van der Waals surface area (Å²) >= 11 is 0. The summed E-state index contributed by atoms with van der Waals surface area (Å²) < 4.78 is 3.34. The second-order valence-electron chi connectivity index (χ2n) is 2.84. The van der Waals surface area contributed by atoms with Gasteiger partial charge in [-0.2, -0.15) is 0 Å². The molecule has 0 amide bonds. The molecule has 2 aliphatic rings. The molecule has 10 heavy (non-hydrogen) atoms.